The second-order valence-electron chi connectivity index (χ2n) is 4.00. The molecule has 0 amide bonds. The van der Waals surface area contributed by atoms with Crippen LogP contribution >= 0.6 is 11.6 Å². The SMILES string of the molecule is Fc1ncc(Cl)cc1CC1CCNCC1. The average molecular weight is 229 g/mol. The van der Waals surface area contributed by atoms with Gasteiger partial charge in [-0.25, -0.2) is 4.98 Å². The van der Waals surface area contributed by atoms with Crippen molar-refractivity contribution in [3.8, 4) is 0 Å². The van der Waals surface area contributed by atoms with Crippen molar-refractivity contribution >= 4 is 11.6 Å². The van der Waals surface area contributed by atoms with Crippen LogP contribution in [0.2, 0.25) is 5.02 Å². The van der Waals surface area contributed by atoms with Crippen LogP contribution < -0.4 is 5.32 Å². The Morgan fingerprint density at radius 3 is 2.93 bits per heavy atom. The molecule has 0 saturated carbocycles. The van der Waals surface area contributed by atoms with E-state index in [2.05, 4.69) is 10.3 Å². The van der Waals surface area contributed by atoms with E-state index < -0.39 is 0 Å². The van der Waals surface area contributed by atoms with Crippen molar-refractivity contribution in [2.24, 2.45) is 5.92 Å². The summed E-state index contributed by atoms with van der Waals surface area (Å²) in [7, 11) is 0. The van der Waals surface area contributed by atoms with Crippen LogP contribution in [0.5, 0.6) is 0 Å². The Labute approximate surface area is 93.9 Å². The Balaban J connectivity index is 2.05. The lowest BCUT2D eigenvalue weighted by atomic mass is 9.91. The predicted octanol–water partition coefficient (Wildman–Crippen LogP) is 2.42. The number of pyridine rings is 1. The molecule has 82 valence electrons. The third kappa shape index (κ3) is 2.89. The van der Waals surface area contributed by atoms with Crippen LogP contribution in [0.1, 0.15) is 18.4 Å². The molecule has 1 aliphatic heterocycles. The normalized spacial score (nSPS) is 18.0. The van der Waals surface area contributed by atoms with Crippen LogP contribution in [-0.2, 0) is 6.42 Å². The fourth-order valence-electron chi connectivity index (χ4n) is 2.00. The fourth-order valence-corrected chi connectivity index (χ4v) is 2.18. The fraction of sp³-hybridized carbons (Fsp3) is 0.545. The molecule has 0 unspecified atom stereocenters. The molecule has 1 aromatic heterocycles. The minimum absolute atomic E-state index is 0.377. The lowest BCUT2D eigenvalue weighted by Gasteiger charge is -2.22. The maximum Gasteiger partial charge on any atom is 0.216 e. The van der Waals surface area contributed by atoms with Gasteiger partial charge in [0.25, 0.3) is 0 Å². The smallest absolute Gasteiger partial charge is 0.216 e. The van der Waals surface area contributed by atoms with Crippen molar-refractivity contribution in [2.75, 3.05) is 13.1 Å². The summed E-state index contributed by atoms with van der Waals surface area (Å²) in [5.74, 6) is 0.180. The van der Waals surface area contributed by atoms with E-state index in [4.69, 9.17) is 11.6 Å². The second kappa shape index (κ2) is 4.90. The van der Waals surface area contributed by atoms with E-state index in [-0.39, 0.29) is 5.95 Å². The van der Waals surface area contributed by atoms with Crippen LogP contribution in [0.25, 0.3) is 0 Å². The summed E-state index contributed by atoms with van der Waals surface area (Å²) in [6.07, 6.45) is 4.31. The number of halogens is 2. The van der Waals surface area contributed by atoms with Gasteiger partial charge in [0.2, 0.25) is 5.95 Å². The predicted molar refractivity (Wildman–Crippen MR) is 58.5 cm³/mol. The van der Waals surface area contributed by atoms with Gasteiger partial charge in [-0.3, -0.25) is 0 Å². The van der Waals surface area contributed by atoms with Crippen molar-refractivity contribution < 1.29 is 4.39 Å². The summed E-state index contributed by atoms with van der Waals surface area (Å²) in [6, 6.07) is 1.69. The van der Waals surface area contributed by atoms with Gasteiger partial charge >= 0.3 is 0 Å². The number of aromatic nitrogens is 1. The molecule has 0 atom stereocenters. The lowest BCUT2D eigenvalue weighted by Crippen LogP contribution is -2.28. The standard InChI is InChI=1S/C11H14ClFN2/c12-10-6-9(11(13)15-7-10)5-8-1-3-14-4-2-8/h6-8,14H,1-5H2. The van der Waals surface area contributed by atoms with Gasteiger partial charge in [-0.05, 0) is 44.3 Å². The maximum atomic E-state index is 13.3. The van der Waals surface area contributed by atoms with Gasteiger partial charge in [-0.15, -0.1) is 0 Å². The molecule has 2 nitrogen and oxygen atoms in total. The average Bonchev–Trinajstić information content (AvgIpc) is 2.25. The molecule has 1 N–H and O–H groups in total. The molecule has 2 rings (SSSR count). The summed E-state index contributed by atoms with van der Waals surface area (Å²) < 4.78 is 13.3. The van der Waals surface area contributed by atoms with Crippen molar-refractivity contribution in [3.05, 3.63) is 28.8 Å². The Morgan fingerprint density at radius 2 is 2.20 bits per heavy atom. The molecule has 1 aromatic rings. The van der Waals surface area contributed by atoms with Crippen LogP contribution in [0.4, 0.5) is 4.39 Å². The van der Waals surface area contributed by atoms with E-state index in [0.717, 1.165) is 32.4 Å². The zero-order chi connectivity index (χ0) is 10.7. The highest BCUT2D eigenvalue weighted by molar-refractivity contribution is 6.30. The third-order valence-corrected chi connectivity index (χ3v) is 3.05. The zero-order valence-electron chi connectivity index (χ0n) is 8.47. The third-order valence-electron chi connectivity index (χ3n) is 2.85. The Kier molecular flexibility index (Phi) is 3.54. The number of piperidine rings is 1. The summed E-state index contributed by atoms with van der Waals surface area (Å²) in [5.41, 5.74) is 0.648. The first-order valence-corrected chi connectivity index (χ1v) is 5.64. The van der Waals surface area contributed by atoms with Gasteiger partial charge in [0, 0.05) is 11.8 Å². The maximum absolute atomic E-state index is 13.3. The van der Waals surface area contributed by atoms with E-state index >= 15 is 0 Å². The number of rotatable bonds is 2. The van der Waals surface area contributed by atoms with E-state index in [0.29, 0.717) is 16.5 Å². The summed E-state index contributed by atoms with van der Waals surface area (Å²) >= 11 is 5.79. The van der Waals surface area contributed by atoms with Gasteiger partial charge < -0.3 is 5.32 Å². The van der Waals surface area contributed by atoms with Crippen molar-refractivity contribution in [1.29, 1.82) is 0 Å². The van der Waals surface area contributed by atoms with Crippen LogP contribution in [-0.4, -0.2) is 18.1 Å². The molecule has 0 spiro atoms. The molecule has 1 aliphatic rings. The summed E-state index contributed by atoms with van der Waals surface area (Å²) in [6.45, 7) is 2.06. The minimum Gasteiger partial charge on any atom is -0.317 e. The highest BCUT2D eigenvalue weighted by Gasteiger charge is 2.16. The van der Waals surface area contributed by atoms with Crippen molar-refractivity contribution in [2.45, 2.75) is 19.3 Å². The highest BCUT2D eigenvalue weighted by Crippen LogP contribution is 2.21. The van der Waals surface area contributed by atoms with E-state index in [1.165, 1.54) is 6.20 Å². The highest BCUT2D eigenvalue weighted by atomic mass is 35.5. The minimum atomic E-state index is -0.377. The van der Waals surface area contributed by atoms with Gasteiger partial charge in [0.1, 0.15) is 0 Å². The molecule has 1 saturated heterocycles. The van der Waals surface area contributed by atoms with Crippen molar-refractivity contribution in [3.63, 3.8) is 0 Å². The zero-order valence-corrected chi connectivity index (χ0v) is 9.23. The Morgan fingerprint density at radius 1 is 1.47 bits per heavy atom. The number of nitrogens with one attached hydrogen (secondary N) is 1. The van der Waals surface area contributed by atoms with Gasteiger partial charge in [-0.2, -0.15) is 4.39 Å². The van der Waals surface area contributed by atoms with E-state index in [1.807, 2.05) is 0 Å². The monoisotopic (exact) mass is 228 g/mol. The lowest BCUT2D eigenvalue weighted by molar-refractivity contribution is 0.367. The van der Waals surface area contributed by atoms with Gasteiger partial charge in [0.05, 0.1) is 5.02 Å². The quantitative estimate of drug-likeness (QED) is 0.787. The molecule has 0 aromatic carbocycles. The molecule has 4 heteroatoms. The first-order valence-electron chi connectivity index (χ1n) is 5.26. The molecule has 0 aliphatic carbocycles. The van der Waals surface area contributed by atoms with Crippen molar-refractivity contribution in [1.82, 2.24) is 10.3 Å². The number of nitrogens with zero attached hydrogens (tertiary/aromatic N) is 1. The largest absolute Gasteiger partial charge is 0.317 e. The summed E-state index contributed by atoms with van der Waals surface area (Å²) in [5, 5.41) is 3.81. The Bertz CT molecular complexity index is 337. The molecular weight excluding hydrogens is 215 g/mol. The van der Waals surface area contributed by atoms with E-state index in [9.17, 15) is 4.39 Å². The molecule has 1 fully saturated rings. The molecule has 15 heavy (non-hydrogen) atoms. The topological polar surface area (TPSA) is 24.9 Å². The van der Waals surface area contributed by atoms with Gasteiger partial charge in [-0.1, -0.05) is 11.6 Å². The van der Waals surface area contributed by atoms with Crippen LogP contribution in [0, 0.1) is 11.9 Å². The van der Waals surface area contributed by atoms with Gasteiger partial charge in [0.15, 0.2) is 0 Å². The van der Waals surface area contributed by atoms with Crippen LogP contribution in [0.15, 0.2) is 12.3 Å². The summed E-state index contributed by atoms with van der Waals surface area (Å²) in [4.78, 5) is 3.63. The van der Waals surface area contributed by atoms with E-state index in [1.54, 1.807) is 6.07 Å². The second-order valence-corrected chi connectivity index (χ2v) is 4.44. The first kappa shape index (κ1) is 10.8. The number of hydrogen-bond acceptors (Lipinski definition) is 2. The number of hydrogen-bond donors (Lipinski definition) is 1. The molecule has 0 bridgehead atoms. The molecular formula is C11H14ClFN2. The first-order chi connectivity index (χ1) is 7.25. The van der Waals surface area contributed by atoms with Crippen LogP contribution in [0.3, 0.4) is 0 Å². The molecule has 0 radical (unpaired) electrons. The Hall–Kier alpha value is -0.670. The molecule has 2 heterocycles.